The number of hydrogen-bond donors (Lipinski definition) is 1. The van der Waals surface area contributed by atoms with Crippen molar-refractivity contribution in [1.82, 2.24) is 0 Å². The Labute approximate surface area is 177 Å². The third kappa shape index (κ3) is 4.59. The molecule has 162 valence electrons. The second-order valence-corrected chi connectivity index (χ2v) is 8.28. The zero-order valence-corrected chi connectivity index (χ0v) is 17.6. The number of ether oxygens (including phenoxy) is 5. The molecule has 1 aliphatic heterocycles. The van der Waals surface area contributed by atoms with E-state index in [2.05, 4.69) is 0 Å². The summed E-state index contributed by atoms with van der Waals surface area (Å²) in [4.78, 5) is 0. The van der Waals surface area contributed by atoms with E-state index in [1.165, 1.54) is 0 Å². The van der Waals surface area contributed by atoms with E-state index in [1.54, 1.807) is 7.11 Å². The van der Waals surface area contributed by atoms with Gasteiger partial charge >= 0.3 is 0 Å². The van der Waals surface area contributed by atoms with Crippen LogP contribution in [0.5, 0.6) is 0 Å². The molecular weight excluding hydrogens is 384 g/mol. The van der Waals surface area contributed by atoms with Gasteiger partial charge in [-0.2, -0.15) is 0 Å². The Bertz CT molecular complexity index is 796. The third-order valence-electron chi connectivity index (χ3n) is 5.65. The van der Waals surface area contributed by atoms with E-state index in [0.29, 0.717) is 13.2 Å². The van der Waals surface area contributed by atoms with Gasteiger partial charge < -0.3 is 28.8 Å². The average molecular weight is 414 g/mol. The molecule has 0 aromatic heterocycles. The van der Waals surface area contributed by atoms with Gasteiger partial charge in [0.25, 0.3) is 0 Å². The smallest absolute Gasteiger partial charge is 0.164 e. The van der Waals surface area contributed by atoms with E-state index in [0.717, 1.165) is 11.1 Å². The molecule has 6 heteroatoms. The second kappa shape index (κ2) is 9.14. The monoisotopic (exact) mass is 414 g/mol. The first-order chi connectivity index (χ1) is 14.5. The molecule has 1 saturated heterocycles. The lowest BCUT2D eigenvalue weighted by molar-refractivity contribution is -0.232. The molecule has 1 saturated carbocycles. The van der Waals surface area contributed by atoms with Crippen molar-refractivity contribution in [1.29, 1.82) is 0 Å². The zero-order valence-electron chi connectivity index (χ0n) is 17.6. The van der Waals surface area contributed by atoms with E-state index in [4.69, 9.17) is 23.7 Å². The molecule has 4 rings (SSSR count). The van der Waals surface area contributed by atoms with Gasteiger partial charge in [-0.1, -0.05) is 60.7 Å². The SMILES string of the molecule is CO[C@@H]1[C@@H](O)[C@@H](OCc2ccccc2)[C@H](OCc2ccccc2)[C@H]2OC(C)(C)O[C@H]21. The van der Waals surface area contributed by atoms with Crippen LogP contribution in [0.15, 0.2) is 60.7 Å². The van der Waals surface area contributed by atoms with Gasteiger partial charge in [-0.3, -0.25) is 0 Å². The van der Waals surface area contributed by atoms with Gasteiger partial charge in [0.2, 0.25) is 0 Å². The summed E-state index contributed by atoms with van der Waals surface area (Å²) in [5, 5.41) is 11.1. The number of hydrogen-bond acceptors (Lipinski definition) is 6. The molecule has 2 aromatic carbocycles. The second-order valence-electron chi connectivity index (χ2n) is 8.28. The topological polar surface area (TPSA) is 66.4 Å². The van der Waals surface area contributed by atoms with Gasteiger partial charge in [0.1, 0.15) is 36.6 Å². The van der Waals surface area contributed by atoms with E-state index >= 15 is 0 Å². The van der Waals surface area contributed by atoms with E-state index in [1.807, 2.05) is 74.5 Å². The van der Waals surface area contributed by atoms with Crippen LogP contribution in [0.2, 0.25) is 0 Å². The highest BCUT2D eigenvalue weighted by molar-refractivity contribution is 5.15. The van der Waals surface area contributed by atoms with Crippen molar-refractivity contribution in [3.05, 3.63) is 71.8 Å². The molecule has 0 spiro atoms. The standard InChI is InChI=1S/C24H30O6/c1-24(2)29-22-19(26-3)18(25)20(27-14-16-10-6-4-7-11-16)21(23(22)30-24)28-15-17-12-8-5-9-13-17/h4-13,18-23,25H,14-15H2,1-3H3/t18-,19-,20-,21+,22+,23-/m1/s1. The summed E-state index contributed by atoms with van der Waals surface area (Å²) >= 11 is 0. The molecule has 0 amide bonds. The largest absolute Gasteiger partial charge is 0.387 e. The third-order valence-corrected chi connectivity index (χ3v) is 5.65. The maximum atomic E-state index is 11.1. The summed E-state index contributed by atoms with van der Waals surface area (Å²) in [5.41, 5.74) is 2.06. The molecule has 30 heavy (non-hydrogen) atoms. The number of fused-ring (bicyclic) bond motifs is 1. The summed E-state index contributed by atoms with van der Waals surface area (Å²) in [5.74, 6) is -0.797. The number of aliphatic hydroxyl groups is 1. The first-order valence-corrected chi connectivity index (χ1v) is 10.4. The Morgan fingerprint density at radius 1 is 0.767 bits per heavy atom. The lowest BCUT2D eigenvalue weighted by atomic mass is 9.84. The molecule has 0 radical (unpaired) electrons. The Morgan fingerprint density at radius 3 is 1.73 bits per heavy atom. The molecular formula is C24H30O6. The van der Waals surface area contributed by atoms with Gasteiger partial charge in [-0.15, -0.1) is 0 Å². The van der Waals surface area contributed by atoms with Gasteiger partial charge in [0, 0.05) is 7.11 Å². The van der Waals surface area contributed by atoms with Crippen molar-refractivity contribution < 1.29 is 28.8 Å². The lowest BCUT2D eigenvalue weighted by Crippen LogP contribution is -2.64. The average Bonchev–Trinajstić information content (AvgIpc) is 3.07. The van der Waals surface area contributed by atoms with Crippen LogP contribution in [0, 0.1) is 0 Å². The number of benzene rings is 2. The van der Waals surface area contributed by atoms with E-state index in [-0.39, 0.29) is 0 Å². The van der Waals surface area contributed by atoms with Crippen LogP contribution in [0.25, 0.3) is 0 Å². The first kappa shape index (κ1) is 21.4. The molecule has 2 aromatic rings. The van der Waals surface area contributed by atoms with Crippen molar-refractivity contribution in [3.63, 3.8) is 0 Å². The quantitative estimate of drug-likeness (QED) is 0.751. The van der Waals surface area contributed by atoms with Crippen LogP contribution >= 0.6 is 0 Å². The minimum absolute atomic E-state index is 0.353. The summed E-state index contributed by atoms with van der Waals surface area (Å²) in [6.45, 7) is 4.46. The van der Waals surface area contributed by atoms with Crippen LogP contribution in [-0.4, -0.2) is 54.6 Å². The fourth-order valence-corrected chi connectivity index (χ4v) is 4.28. The molecule has 1 aliphatic carbocycles. The van der Waals surface area contributed by atoms with Gasteiger partial charge in [0.05, 0.1) is 13.2 Å². The molecule has 0 unspecified atom stereocenters. The molecule has 2 aliphatic rings. The fourth-order valence-electron chi connectivity index (χ4n) is 4.28. The lowest BCUT2D eigenvalue weighted by Gasteiger charge is -2.44. The van der Waals surface area contributed by atoms with Crippen LogP contribution in [0.1, 0.15) is 25.0 Å². The molecule has 6 atom stereocenters. The Morgan fingerprint density at radius 2 is 1.23 bits per heavy atom. The van der Waals surface area contributed by atoms with Crippen LogP contribution in [-0.2, 0) is 36.9 Å². The normalized spacial score (nSPS) is 32.7. The highest BCUT2D eigenvalue weighted by Gasteiger charge is 2.59. The maximum Gasteiger partial charge on any atom is 0.164 e. The van der Waals surface area contributed by atoms with Crippen molar-refractivity contribution in [2.45, 2.75) is 69.5 Å². The maximum absolute atomic E-state index is 11.1. The highest BCUT2D eigenvalue weighted by Crippen LogP contribution is 2.41. The summed E-state index contributed by atoms with van der Waals surface area (Å²) in [6.07, 6.45) is -3.50. The van der Waals surface area contributed by atoms with Crippen molar-refractivity contribution in [3.8, 4) is 0 Å². The van der Waals surface area contributed by atoms with E-state index < -0.39 is 42.4 Å². The van der Waals surface area contributed by atoms with Gasteiger partial charge in [-0.25, -0.2) is 0 Å². The zero-order chi connectivity index (χ0) is 21.1. The summed E-state index contributed by atoms with van der Waals surface area (Å²) in [7, 11) is 1.57. The van der Waals surface area contributed by atoms with Crippen molar-refractivity contribution in [2.75, 3.05) is 7.11 Å². The minimum atomic E-state index is -0.918. The number of aliphatic hydroxyl groups excluding tert-OH is 1. The molecule has 6 nitrogen and oxygen atoms in total. The molecule has 0 bridgehead atoms. The molecule has 1 heterocycles. The molecule has 2 fully saturated rings. The van der Waals surface area contributed by atoms with Crippen LogP contribution < -0.4 is 0 Å². The Kier molecular flexibility index (Phi) is 6.53. The van der Waals surface area contributed by atoms with Gasteiger partial charge in [0.15, 0.2) is 5.79 Å². The Hall–Kier alpha value is -1.80. The van der Waals surface area contributed by atoms with Crippen LogP contribution in [0.4, 0.5) is 0 Å². The summed E-state index contributed by atoms with van der Waals surface area (Å²) < 4.78 is 30.4. The highest BCUT2D eigenvalue weighted by atomic mass is 16.8. The first-order valence-electron chi connectivity index (χ1n) is 10.4. The fraction of sp³-hybridized carbons (Fsp3) is 0.500. The van der Waals surface area contributed by atoms with Crippen molar-refractivity contribution in [2.24, 2.45) is 0 Å². The van der Waals surface area contributed by atoms with Crippen molar-refractivity contribution >= 4 is 0 Å². The van der Waals surface area contributed by atoms with E-state index in [9.17, 15) is 5.11 Å². The minimum Gasteiger partial charge on any atom is -0.387 e. The Balaban J connectivity index is 1.57. The predicted octanol–water partition coefficient (Wildman–Crippen LogP) is 3.07. The van der Waals surface area contributed by atoms with Crippen LogP contribution in [0.3, 0.4) is 0 Å². The summed E-state index contributed by atoms with van der Waals surface area (Å²) in [6, 6.07) is 19.8. The van der Waals surface area contributed by atoms with Gasteiger partial charge in [-0.05, 0) is 25.0 Å². The molecule has 1 N–H and O–H groups in total. The number of methoxy groups -OCH3 is 1. The number of rotatable bonds is 7. The predicted molar refractivity (Wildman–Crippen MR) is 111 cm³/mol.